The number of nitrogens with zero attached hydrogens (tertiary/aromatic N) is 4. The van der Waals surface area contributed by atoms with E-state index in [1.807, 2.05) is 10.6 Å². The highest BCUT2D eigenvalue weighted by atomic mass is 35.5. The molecule has 0 spiro atoms. The maximum absolute atomic E-state index is 6.00. The Hall–Kier alpha value is -1.16. The van der Waals surface area contributed by atoms with Gasteiger partial charge in [-0.05, 0) is 18.8 Å². The Bertz CT molecular complexity index is 528. The van der Waals surface area contributed by atoms with Crippen LogP contribution in [0.1, 0.15) is 44.3 Å². The zero-order valence-corrected chi connectivity index (χ0v) is 10.6. The second kappa shape index (κ2) is 4.26. The van der Waals surface area contributed by atoms with Crippen LogP contribution in [0.3, 0.4) is 0 Å². The average molecular weight is 251 g/mol. The van der Waals surface area contributed by atoms with Crippen molar-refractivity contribution in [3.63, 3.8) is 0 Å². The maximum atomic E-state index is 6.00. The van der Waals surface area contributed by atoms with Crippen molar-refractivity contribution in [2.45, 2.75) is 38.5 Å². The van der Waals surface area contributed by atoms with Gasteiger partial charge < -0.3 is 0 Å². The summed E-state index contributed by atoms with van der Waals surface area (Å²) in [6, 6.07) is 0. The van der Waals surface area contributed by atoms with Gasteiger partial charge in [0.1, 0.15) is 5.82 Å². The van der Waals surface area contributed by atoms with Crippen LogP contribution in [-0.4, -0.2) is 19.6 Å². The van der Waals surface area contributed by atoms with Crippen LogP contribution in [0, 0.1) is 5.92 Å². The molecule has 0 amide bonds. The van der Waals surface area contributed by atoms with Crippen LogP contribution in [0.25, 0.3) is 5.65 Å². The van der Waals surface area contributed by atoms with E-state index in [0.29, 0.717) is 16.7 Å². The lowest BCUT2D eigenvalue weighted by Gasteiger charge is -2.24. The highest BCUT2D eigenvalue weighted by Gasteiger charge is 2.24. The molecule has 0 radical (unpaired) electrons. The van der Waals surface area contributed by atoms with Crippen LogP contribution in [0.4, 0.5) is 0 Å². The Labute approximate surface area is 105 Å². The molecule has 5 heteroatoms. The van der Waals surface area contributed by atoms with Crippen molar-refractivity contribution in [1.29, 1.82) is 0 Å². The lowest BCUT2D eigenvalue weighted by Crippen LogP contribution is -2.13. The molecule has 2 aromatic heterocycles. The van der Waals surface area contributed by atoms with Gasteiger partial charge in [-0.1, -0.05) is 31.4 Å². The van der Waals surface area contributed by atoms with Crippen molar-refractivity contribution in [1.82, 2.24) is 19.6 Å². The summed E-state index contributed by atoms with van der Waals surface area (Å²) >= 11 is 6.00. The van der Waals surface area contributed by atoms with Crippen molar-refractivity contribution >= 4 is 17.2 Å². The SMILES string of the molecule is CC1CCC(c2nnc3c(Cl)nccn23)CC1. The fraction of sp³-hybridized carbons (Fsp3) is 0.583. The quantitative estimate of drug-likeness (QED) is 0.781. The molecule has 1 fully saturated rings. The monoisotopic (exact) mass is 250 g/mol. The van der Waals surface area contributed by atoms with Gasteiger partial charge in [0.05, 0.1) is 0 Å². The second-order valence-corrected chi connectivity index (χ2v) is 5.28. The minimum absolute atomic E-state index is 0.426. The minimum atomic E-state index is 0.426. The molecular formula is C12H15ClN4. The highest BCUT2D eigenvalue weighted by molar-refractivity contribution is 6.32. The summed E-state index contributed by atoms with van der Waals surface area (Å²) in [5, 5.41) is 8.85. The van der Waals surface area contributed by atoms with Crippen LogP contribution < -0.4 is 0 Å². The Balaban J connectivity index is 1.98. The highest BCUT2D eigenvalue weighted by Crippen LogP contribution is 2.34. The molecular weight excluding hydrogens is 236 g/mol. The molecule has 1 aliphatic rings. The van der Waals surface area contributed by atoms with E-state index in [-0.39, 0.29) is 0 Å². The molecule has 90 valence electrons. The van der Waals surface area contributed by atoms with Gasteiger partial charge in [0.2, 0.25) is 0 Å². The van der Waals surface area contributed by atoms with E-state index in [1.165, 1.54) is 25.7 Å². The summed E-state index contributed by atoms with van der Waals surface area (Å²) in [6.45, 7) is 2.32. The summed E-state index contributed by atoms with van der Waals surface area (Å²) in [6.07, 6.45) is 8.54. The van der Waals surface area contributed by atoms with Crippen LogP contribution in [0.5, 0.6) is 0 Å². The Morgan fingerprint density at radius 2 is 2.00 bits per heavy atom. The van der Waals surface area contributed by atoms with E-state index in [2.05, 4.69) is 22.1 Å². The number of rotatable bonds is 1. The van der Waals surface area contributed by atoms with Gasteiger partial charge in [-0.15, -0.1) is 10.2 Å². The van der Waals surface area contributed by atoms with Crippen molar-refractivity contribution < 1.29 is 0 Å². The van der Waals surface area contributed by atoms with E-state index in [1.54, 1.807) is 6.20 Å². The molecule has 0 bridgehead atoms. The van der Waals surface area contributed by atoms with Crippen LogP contribution >= 0.6 is 11.6 Å². The zero-order chi connectivity index (χ0) is 11.8. The third-order valence-electron chi connectivity index (χ3n) is 3.69. The Morgan fingerprint density at radius 3 is 2.76 bits per heavy atom. The maximum Gasteiger partial charge on any atom is 0.198 e. The molecule has 2 aromatic rings. The molecule has 17 heavy (non-hydrogen) atoms. The fourth-order valence-corrected chi connectivity index (χ4v) is 2.80. The third-order valence-corrected chi connectivity index (χ3v) is 3.96. The zero-order valence-electron chi connectivity index (χ0n) is 9.80. The second-order valence-electron chi connectivity index (χ2n) is 4.93. The molecule has 2 heterocycles. The first-order chi connectivity index (χ1) is 8.25. The Morgan fingerprint density at radius 1 is 1.24 bits per heavy atom. The van der Waals surface area contributed by atoms with E-state index in [4.69, 9.17) is 11.6 Å². The molecule has 0 saturated heterocycles. The molecule has 0 aliphatic heterocycles. The summed E-state index contributed by atoms with van der Waals surface area (Å²) in [7, 11) is 0. The number of halogens is 1. The van der Waals surface area contributed by atoms with Gasteiger partial charge in [0, 0.05) is 18.3 Å². The van der Waals surface area contributed by atoms with E-state index in [9.17, 15) is 0 Å². The first-order valence-corrected chi connectivity index (χ1v) is 6.48. The van der Waals surface area contributed by atoms with Gasteiger partial charge in [0.15, 0.2) is 10.8 Å². The van der Waals surface area contributed by atoms with E-state index < -0.39 is 0 Å². The van der Waals surface area contributed by atoms with Gasteiger partial charge in [-0.3, -0.25) is 4.40 Å². The standard InChI is InChI=1S/C12H15ClN4/c1-8-2-4-9(5-3-8)11-15-16-12-10(13)14-6-7-17(11)12/h6-9H,2-5H2,1H3. The summed E-state index contributed by atoms with van der Waals surface area (Å²) < 4.78 is 1.98. The lowest BCUT2D eigenvalue weighted by atomic mass is 9.82. The predicted octanol–water partition coefficient (Wildman–Crippen LogP) is 3.07. The third kappa shape index (κ3) is 1.90. The van der Waals surface area contributed by atoms with Gasteiger partial charge in [0.25, 0.3) is 0 Å². The van der Waals surface area contributed by atoms with Gasteiger partial charge in [-0.25, -0.2) is 4.98 Å². The normalized spacial score (nSPS) is 25.3. The predicted molar refractivity (Wildman–Crippen MR) is 66.2 cm³/mol. The summed E-state index contributed by atoms with van der Waals surface area (Å²) in [5.41, 5.74) is 0.669. The molecule has 4 nitrogen and oxygen atoms in total. The number of fused-ring (bicyclic) bond motifs is 1. The van der Waals surface area contributed by atoms with Gasteiger partial charge >= 0.3 is 0 Å². The van der Waals surface area contributed by atoms with E-state index in [0.717, 1.165) is 11.7 Å². The molecule has 0 N–H and O–H groups in total. The minimum Gasteiger partial charge on any atom is -0.282 e. The number of aromatic nitrogens is 4. The number of hydrogen-bond donors (Lipinski definition) is 0. The van der Waals surface area contributed by atoms with Crippen LogP contribution in [-0.2, 0) is 0 Å². The summed E-state index contributed by atoms with van der Waals surface area (Å²) in [5.74, 6) is 2.39. The molecule has 0 unspecified atom stereocenters. The van der Waals surface area contributed by atoms with Crippen molar-refractivity contribution in [2.24, 2.45) is 5.92 Å². The smallest absolute Gasteiger partial charge is 0.198 e. The van der Waals surface area contributed by atoms with Crippen molar-refractivity contribution in [2.75, 3.05) is 0 Å². The fourth-order valence-electron chi connectivity index (χ4n) is 2.61. The van der Waals surface area contributed by atoms with Crippen molar-refractivity contribution in [3.05, 3.63) is 23.4 Å². The molecule has 0 aromatic carbocycles. The first-order valence-electron chi connectivity index (χ1n) is 6.11. The van der Waals surface area contributed by atoms with Crippen LogP contribution in [0.2, 0.25) is 5.15 Å². The molecule has 3 rings (SSSR count). The molecule has 1 saturated carbocycles. The molecule has 0 atom stereocenters. The Kier molecular flexibility index (Phi) is 2.74. The van der Waals surface area contributed by atoms with E-state index >= 15 is 0 Å². The average Bonchev–Trinajstić information content (AvgIpc) is 2.75. The lowest BCUT2D eigenvalue weighted by molar-refractivity contribution is 0.338. The molecule has 1 aliphatic carbocycles. The van der Waals surface area contributed by atoms with Gasteiger partial charge in [-0.2, -0.15) is 0 Å². The van der Waals surface area contributed by atoms with Crippen LogP contribution in [0.15, 0.2) is 12.4 Å². The van der Waals surface area contributed by atoms with Crippen molar-refractivity contribution in [3.8, 4) is 0 Å². The first kappa shape index (κ1) is 11.0. The number of hydrogen-bond acceptors (Lipinski definition) is 3. The topological polar surface area (TPSA) is 43.1 Å². The largest absolute Gasteiger partial charge is 0.282 e. The summed E-state index contributed by atoms with van der Waals surface area (Å²) in [4.78, 5) is 4.02.